The lowest BCUT2D eigenvalue weighted by Crippen LogP contribution is -2.66. The van der Waals surface area contributed by atoms with Gasteiger partial charge < -0.3 is 10.0 Å². The average Bonchev–Trinajstić information content (AvgIpc) is 2.61. The summed E-state index contributed by atoms with van der Waals surface area (Å²) in [6.45, 7) is -0.119. The molecular weight excluding hydrogens is 326 g/mol. The van der Waals surface area contributed by atoms with E-state index < -0.39 is 6.04 Å². The quantitative estimate of drug-likeness (QED) is 0.922. The van der Waals surface area contributed by atoms with Crippen molar-refractivity contribution >= 4 is 5.91 Å². The summed E-state index contributed by atoms with van der Waals surface area (Å²) < 4.78 is 0. The van der Waals surface area contributed by atoms with Crippen LogP contribution in [-0.2, 0) is 4.79 Å². The number of aliphatic hydroxyl groups is 1. The maximum Gasteiger partial charge on any atom is 0.227 e. The Morgan fingerprint density at radius 3 is 2.54 bits per heavy atom. The van der Waals surface area contributed by atoms with Gasteiger partial charge in [0.15, 0.2) is 0 Å². The van der Waals surface area contributed by atoms with E-state index in [4.69, 9.17) is 0 Å². The molecule has 1 saturated heterocycles. The van der Waals surface area contributed by atoms with Crippen LogP contribution in [0.2, 0.25) is 0 Å². The topological polar surface area (TPSA) is 77.2 Å². The fraction of sp³-hybridized carbons (Fsp3) is 0.381. The van der Waals surface area contributed by atoms with Crippen LogP contribution in [0.15, 0.2) is 48.8 Å². The second-order valence-corrected chi connectivity index (χ2v) is 7.09. The third-order valence-electron chi connectivity index (χ3n) is 5.73. The zero-order valence-electron chi connectivity index (χ0n) is 14.5. The lowest BCUT2D eigenvalue weighted by Gasteiger charge is -2.53. The van der Waals surface area contributed by atoms with Crippen LogP contribution in [0, 0.1) is 17.2 Å². The average molecular weight is 347 g/mol. The summed E-state index contributed by atoms with van der Waals surface area (Å²) in [7, 11) is 0. The molecule has 5 nitrogen and oxygen atoms in total. The van der Waals surface area contributed by atoms with Crippen LogP contribution in [-0.4, -0.2) is 39.6 Å². The molecule has 132 valence electrons. The molecule has 2 heterocycles. The van der Waals surface area contributed by atoms with Crippen LogP contribution >= 0.6 is 0 Å². The molecule has 2 fully saturated rings. The van der Waals surface area contributed by atoms with Crippen molar-refractivity contribution in [1.82, 2.24) is 9.88 Å². The number of benzene rings is 1. The Hall–Kier alpha value is -2.71. The van der Waals surface area contributed by atoms with Crippen molar-refractivity contribution in [3.8, 4) is 17.2 Å². The van der Waals surface area contributed by atoms with Crippen LogP contribution < -0.4 is 0 Å². The summed E-state index contributed by atoms with van der Waals surface area (Å²) in [5.74, 6) is -0.0733. The summed E-state index contributed by atoms with van der Waals surface area (Å²) in [5, 5.41) is 19.5. The van der Waals surface area contributed by atoms with Crippen LogP contribution in [0.4, 0.5) is 0 Å². The minimum Gasteiger partial charge on any atom is -0.394 e. The minimum absolute atomic E-state index is 0.0325. The van der Waals surface area contributed by atoms with Crippen LogP contribution in [0.5, 0.6) is 0 Å². The van der Waals surface area contributed by atoms with Gasteiger partial charge in [0.25, 0.3) is 0 Å². The first-order chi connectivity index (χ1) is 12.7. The van der Waals surface area contributed by atoms with E-state index in [-0.39, 0.29) is 30.4 Å². The van der Waals surface area contributed by atoms with E-state index in [2.05, 4.69) is 11.1 Å². The fourth-order valence-corrected chi connectivity index (χ4v) is 4.01. The number of rotatable bonds is 4. The molecule has 0 spiro atoms. The second-order valence-electron chi connectivity index (χ2n) is 7.09. The van der Waals surface area contributed by atoms with Gasteiger partial charge in [-0.1, -0.05) is 36.8 Å². The Morgan fingerprint density at radius 2 is 2.00 bits per heavy atom. The number of hydrogen-bond acceptors (Lipinski definition) is 4. The lowest BCUT2D eigenvalue weighted by atomic mass is 9.73. The molecule has 5 heteroatoms. The molecule has 26 heavy (non-hydrogen) atoms. The van der Waals surface area contributed by atoms with E-state index in [9.17, 15) is 15.2 Å². The standard InChI is InChI=1S/C21H21N3O2/c22-11-18-20(19(13-25)24(18)21(26)16-3-1-4-16)15-8-6-14(7-9-15)17-5-2-10-23-12-17/h2,5-10,12,16,18-20,25H,1,3-4,13H2/t18-,19+,20+/m0/s1. The van der Waals surface area contributed by atoms with Crippen LogP contribution in [0.3, 0.4) is 0 Å². The van der Waals surface area contributed by atoms with Gasteiger partial charge in [0.05, 0.1) is 18.7 Å². The third kappa shape index (κ3) is 2.67. The molecule has 1 aromatic heterocycles. The van der Waals surface area contributed by atoms with E-state index >= 15 is 0 Å². The van der Waals surface area contributed by atoms with Gasteiger partial charge >= 0.3 is 0 Å². The number of aromatic nitrogens is 1. The summed E-state index contributed by atoms with van der Waals surface area (Å²) in [4.78, 5) is 18.4. The number of nitrogens with zero attached hydrogens (tertiary/aromatic N) is 3. The first-order valence-corrected chi connectivity index (χ1v) is 9.07. The van der Waals surface area contributed by atoms with Crippen molar-refractivity contribution in [1.29, 1.82) is 5.26 Å². The number of carbonyl (C=O) groups is 1. The molecule has 2 aliphatic rings. The van der Waals surface area contributed by atoms with Crippen LogP contribution in [0.1, 0.15) is 30.7 Å². The normalized spacial score (nSPS) is 25.1. The van der Waals surface area contributed by atoms with Crippen molar-refractivity contribution < 1.29 is 9.90 Å². The Morgan fingerprint density at radius 1 is 1.23 bits per heavy atom. The molecule has 0 bridgehead atoms. The molecule has 1 saturated carbocycles. The number of pyridine rings is 1. The SMILES string of the molecule is N#C[C@H]1[C@@H](c2ccc(-c3cccnc3)cc2)[C@@H](CO)N1C(=O)C1CCC1. The van der Waals surface area contributed by atoms with Crippen molar-refractivity contribution in [3.05, 3.63) is 54.4 Å². The number of hydrogen-bond donors (Lipinski definition) is 1. The van der Waals surface area contributed by atoms with Gasteiger partial charge in [-0.25, -0.2) is 0 Å². The van der Waals surface area contributed by atoms with Gasteiger partial charge in [-0.3, -0.25) is 9.78 Å². The molecular formula is C21H21N3O2. The zero-order chi connectivity index (χ0) is 18.1. The molecule has 1 N–H and O–H groups in total. The molecule has 3 atom stereocenters. The number of likely N-dealkylation sites (tertiary alicyclic amines) is 1. The maximum absolute atomic E-state index is 12.6. The highest BCUT2D eigenvalue weighted by Crippen LogP contribution is 2.43. The molecule has 1 aliphatic heterocycles. The lowest BCUT2D eigenvalue weighted by molar-refractivity contribution is -0.154. The Labute approximate surface area is 152 Å². The van der Waals surface area contributed by atoms with Gasteiger partial charge in [-0.2, -0.15) is 5.26 Å². The van der Waals surface area contributed by atoms with Gasteiger partial charge in [-0.05, 0) is 35.6 Å². The van der Waals surface area contributed by atoms with E-state index in [1.807, 2.05) is 42.6 Å². The highest BCUT2D eigenvalue weighted by Gasteiger charge is 2.53. The number of amides is 1. The maximum atomic E-state index is 12.6. The molecule has 1 amide bonds. The first-order valence-electron chi connectivity index (χ1n) is 9.07. The number of carbonyl (C=O) groups excluding carboxylic acids is 1. The van der Waals surface area contributed by atoms with E-state index in [0.717, 1.165) is 36.0 Å². The second kappa shape index (κ2) is 6.89. The highest BCUT2D eigenvalue weighted by molar-refractivity contribution is 5.82. The monoisotopic (exact) mass is 347 g/mol. The number of aliphatic hydroxyl groups excluding tert-OH is 1. The largest absolute Gasteiger partial charge is 0.394 e. The van der Waals surface area contributed by atoms with Gasteiger partial charge in [0.2, 0.25) is 5.91 Å². The van der Waals surface area contributed by atoms with Crippen LogP contribution in [0.25, 0.3) is 11.1 Å². The highest BCUT2D eigenvalue weighted by atomic mass is 16.3. The van der Waals surface area contributed by atoms with Crippen molar-refractivity contribution in [3.63, 3.8) is 0 Å². The smallest absolute Gasteiger partial charge is 0.227 e. The minimum atomic E-state index is -0.496. The molecule has 1 aliphatic carbocycles. The van der Waals surface area contributed by atoms with Crippen molar-refractivity contribution in [2.24, 2.45) is 5.92 Å². The van der Waals surface area contributed by atoms with E-state index in [1.165, 1.54) is 0 Å². The Bertz CT molecular complexity index is 825. The summed E-state index contributed by atoms with van der Waals surface area (Å²) in [6, 6.07) is 13.4. The number of nitriles is 1. The Balaban J connectivity index is 1.56. The molecule has 1 aromatic carbocycles. The predicted molar refractivity (Wildman–Crippen MR) is 96.9 cm³/mol. The van der Waals surface area contributed by atoms with Gasteiger partial charge in [0, 0.05) is 24.2 Å². The zero-order valence-corrected chi connectivity index (χ0v) is 14.5. The van der Waals surface area contributed by atoms with Gasteiger partial charge in [-0.15, -0.1) is 0 Å². The molecule has 0 radical (unpaired) electrons. The Kier molecular flexibility index (Phi) is 4.44. The molecule has 0 unspecified atom stereocenters. The predicted octanol–water partition coefficient (Wildman–Crippen LogP) is 2.73. The molecule has 4 rings (SSSR count). The summed E-state index contributed by atoms with van der Waals surface area (Å²) >= 11 is 0. The summed E-state index contributed by atoms with van der Waals surface area (Å²) in [5.41, 5.74) is 3.07. The van der Waals surface area contributed by atoms with E-state index in [0.29, 0.717) is 0 Å². The third-order valence-corrected chi connectivity index (χ3v) is 5.73. The summed E-state index contributed by atoms with van der Waals surface area (Å²) in [6.07, 6.45) is 6.42. The van der Waals surface area contributed by atoms with E-state index in [1.54, 1.807) is 11.1 Å². The van der Waals surface area contributed by atoms with Crippen molar-refractivity contribution in [2.45, 2.75) is 37.3 Å². The van der Waals surface area contributed by atoms with Gasteiger partial charge in [0.1, 0.15) is 6.04 Å². The van der Waals surface area contributed by atoms with Crippen molar-refractivity contribution in [2.75, 3.05) is 6.61 Å². The molecule has 2 aromatic rings. The first kappa shape index (κ1) is 16.7. The fourth-order valence-electron chi connectivity index (χ4n) is 4.01.